The van der Waals surface area contributed by atoms with Gasteiger partial charge in [0, 0.05) is 24.1 Å². The lowest BCUT2D eigenvalue weighted by Gasteiger charge is -2.32. The Morgan fingerprint density at radius 3 is 3.12 bits per heavy atom. The summed E-state index contributed by atoms with van der Waals surface area (Å²) in [4.78, 5) is 14.3. The molecular weight excluding hydrogens is 202 g/mol. The first-order valence-electron chi connectivity index (χ1n) is 5.76. The van der Waals surface area contributed by atoms with Crippen molar-refractivity contribution in [3.63, 3.8) is 0 Å². The van der Waals surface area contributed by atoms with Crippen molar-refractivity contribution in [1.82, 2.24) is 4.90 Å². The molecule has 1 aromatic heterocycles. The summed E-state index contributed by atoms with van der Waals surface area (Å²) in [6.07, 6.45) is 6.45. The van der Waals surface area contributed by atoms with Gasteiger partial charge in [-0.3, -0.25) is 9.69 Å². The molecule has 0 N–H and O–H groups in total. The maximum Gasteiger partial charge on any atom is 0.162 e. The monoisotopic (exact) mass is 217 g/mol. The van der Waals surface area contributed by atoms with E-state index >= 15 is 0 Å². The number of hydrogen-bond donors (Lipinski definition) is 0. The van der Waals surface area contributed by atoms with Gasteiger partial charge in [0.2, 0.25) is 0 Å². The molecule has 16 heavy (non-hydrogen) atoms. The predicted molar refractivity (Wildman–Crippen MR) is 60.9 cm³/mol. The number of fused-ring (bicyclic) bond motifs is 2. The van der Waals surface area contributed by atoms with Crippen LogP contribution in [0.25, 0.3) is 6.08 Å². The van der Waals surface area contributed by atoms with Gasteiger partial charge in [0.1, 0.15) is 5.76 Å². The van der Waals surface area contributed by atoms with Crippen LogP contribution in [0.2, 0.25) is 0 Å². The molecule has 0 aromatic carbocycles. The van der Waals surface area contributed by atoms with Gasteiger partial charge in [-0.25, -0.2) is 0 Å². The molecule has 2 fully saturated rings. The summed E-state index contributed by atoms with van der Waals surface area (Å²) in [7, 11) is 2.12. The van der Waals surface area contributed by atoms with Gasteiger partial charge in [-0.2, -0.15) is 0 Å². The van der Waals surface area contributed by atoms with Gasteiger partial charge in [-0.05, 0) is 38.1 Å². The van der Waals surface area contributed by atoms with Gasteiger partial charge < -0.3 is 4.42 Å². The van der Waals surface area contributed by atoms with Gasteiger partial charge in [0.25, 0.3) is 0 Å². The SMILES string of the molecule is CN1C2CCC1C(=Cc1ccco1)C(=O)C2. The van der Waals surface area contributed by atoms with Crippen LogP contribution in [-0.4, -0.2) is 29.8 Å². The van der Waals surface area contributed by atoms with Crippen LogP contribution in [0.5, 0.6) is 0 Å². The van der Waals surface area contributed by atoms with E-state index in [9.17, 15) is 4.79 Å². The Morgan fingerprint density at radius 1 is 1.50 bits per heavy atom. The number of carbonyl (C=O) groups excluding carboxylic acids is 1. The molecule has 3 heterocycles. The number of nitrogens with zero attached hydrogens (tertiary/aromatic N) is 1. The quantitative estimate of drug-likeness (QED) is 0.675. The highest BCUT2D eigenvalue weighted by Gasteiger charge is 2.41. The third-order valence-corrected chi connectivity index (χ3v) is 3.78. The zero-order valence-electron chi connectivity index (χ0n) is 9.35. The van der Waals surface area contributed by atoms with E-state index in [0.29, 0.717) is 24.3 Å². The van der Waals surface area contributed by atoms with E-state index in [4.69, 9.17) is 4.42 Å². The van der Waals surface area contributed by atoms with Gasteiger partial charge >= 0.3 is 0 Å². The van der Waals surface area contributed by atoms with E-state index in [-0.39, 0.29) is 0 Å². The zero-order chi connectivity index (χ0) is 11.1. The summed E-state index contributed by atoms with van der Waals surface area (Å²) < 4.78 is 5.28. The van der Waals surface area contributed by atoms with Crippen molar-refractivity contribution in [2.45, 2.75) is 31.3 Å². The van der Waals surface area contributed by atoms with Gasteiger partial charge in [0.05, 0.1) is 6.26 Å². The zero-order valence-corrected chi connectivity index (χ0v) is 9.35. The average molecular weight is 217 g/mol. The summed E-state index contributed by atoms with van der Waals surface area (Å²) in [6.45, 7) is 0. The lowest BCUT2D eigenvalue weighted by molar-refractivity contribution is -0.118. The highest BCUT2D eigenvalue weighted by Crippen LogP contribution is 2.36. The van der Waals surface area contributed by atoms with Gasteiger partial charge in [-0.15, -0.1) is 0 Å². The fourth-order valence-electron chi connectivity index (χ4n) is 2.85. The standard InChI is InChI=1S/C13H15NO2/c1-14-9-4-5-12(14)11(13(15)7-9)8-10-3-2-6-16-10/h2-3,6,8-9,12H,4-5,7H2,1H3. The van der Waals surface area contributed by atoms with Crippen molar-refractivity contribution in [1.29, 1.82) is 0 Å². The lowest BCUT2D eigenvalue weighted by Crippen LogP contribution is -2.41. The Bertz CT molecular complexity index is 433. The Hall–Kier alpha value is -1.35. The number of furan rings is 1. The van der Waals surface area contributed by atoms with E-state index in [2.05, 4.69) is 11.9 Å². The van der Waals surface area contributed by atoms with Crippen molar-refractivity contribution < 1.29 is 9.21 Å². The first-order valence-corrected chi connectivity index (χ1v) is 5.76. The van der Waals surface area contributed by atoms with Crippen LogP contribution in [0.3, 0.4) is 0 Å². The van der Waals surface area contributed by atoms with E-state index in [1.54, 1.807) is 6.26 Å². The van der Waals surface area contributed by atoms with Crippen molar-refractivity contribution in [3.05, 3.63) is 29.7 Å². The molecule has 2 atom stereocenters. The summed E-state index contributed by atoms with van der Waals surface area (Å²) in [5.41, 5.74) is 0.922. The first-order chi connectivity index (χ1) is 7.75. The molecule has 3 nitrogen and oxygen atoms in total. The highest BCUT2D eigenvalue weighted by molar-refractivity contribution is 6.01. The number of rotatable bonds is 1. The topological polar surface area (TPSA) is 33.5 Å². The molecule has 3 heteroatoms. The molecule has 2 bridgehead atoms. The third kappa shape index (κ3) is 1.43. The second-order valence-corrected chi connectivity index (χ2v) is 4.65. The second-order valence-electron chi connectivity index (χ2n) is 4.65. The number of piperidine rings is 1. The minimum absolute atomic E-state index is 0.294. The van der Waals surface area contributed by atoms with Gasteiger partial charge in [0.15, 0.2) is 5.78 Å². The van der Waals surface area contributed by atoms with Crippen molar-refractivity contribution in [3.8, 4) is 0 Å². The number of ketones is 1. The Morgan fingerprint density at radius 2 is 2.38 bits per heavy atom. The van der Waals surface area contributed by atoms with Crippen LogP contribution in [0, 0.1) is 0 Å². The molecule has 0 amide bonds. The molecule has 84 valence electrons. The summed E-state index contributed by atoms with van der Waals surface area (Å²) in [6, 6.07) is 4.50. The molecule has 2 aliphatic heterocycles. The van der Waals surface area contributed by atoms with Crippen LogP contribution < -0.4 is 0 Å². The second kappa shape index (κ2) is 3.59. The first kappa shape index (κ1) is 9.85. The molecule has 2 saturated heterocycles. The molecule has 0 aliphatic carbocycles. The highest BCUT2D eigenvalue weighted by atomic mass is 16.3. The number of likely N-dealkylation sites (N-methyl/N-ethyl adjacent to an activating group) is 1. The van der Waals surface area contributed by atoms with E-state index in [0.717, 1.165) is 24.2 Å². The Balaban J connectivity index is 1.97. The molecular formula is C13H15NO2. The largest absolute Gasteiger partial charge is 0.465 e. The maximum absolute atomic E-state index is 12.0. The maximum atomic E-state index is 12.0. The van der Waals surface area contributed by atoms with Crippen LogP contribution in [0.1, 0.15) is 25.0 Å². The van der Waals surface area contributed by atoms with Crippen LogP contribution in [0.15, 0.2) is 28.4 Å². The molecule has 2 aliphatic rings. The average Bonchev–Trinajstić information content (AvgIpc) is 2.83. The molecule has 2 unspecified atom stereocenters. The minimum Gasteiger partial charge on any atom is -0.465 e. The fraction of sp³-hybridized carbons (Fsp3) is 0.462. The summed E-state index contributed by atoms with van der Waals surface area (Å²) in [5.74, 6) is 1.07. The van der Waals surface area contributed by atoms with Crippen molar-refractivity contribution >= 4 is 11.9 Å². The number of carbonyl (C=O) groups is 1. The molecule has 0 radical (unpaired) electrons. The van der Waals surface area contributed by atoms with Crippen LogP contribution in [-0.2, 0) is 4.79 Å². The smallest absolute Gasteiger partial charge is 0.162 e. The Kier molecular flexibility index (Phi) is 2.21. The number of Topliss-reactive ketones (excluding diaryl/α,β-unsaturated/α-hetero) is 1. The third-order valence-electron chi connectivity index (χ3n) is 3.78. The van der Waals surface area contributed by atoms with E-state index < -0.39 is 0 Å². The Labute approximate surface area is 94.7 Å². The molecule has 3 rings (SSSR count). The fourth-order valence-corrected chi connectivity index (χ4v) is 2.85. The minimum atomic E-state index is 0.294. The summed E-state index contributed by atoms with van der Waals surface area (Å²) in [5, 5.41) is 0. The van der Waals surface area contributed by atoms with Crippen molar-refractivity contribution in [2.75, 3.05) is 7.05 Å². The number of hydrogen-bond acceptors (Lipinski definition) is 3. The van der Waals surface area contributed by atoms with Gasteiger partial charge in [-0.1, -0.05) is 0 Å². The molecule has 0 spiro atoms. The molecule has 1 aromatic rings. The normalized spacial score (nSPS) is 32.6. The molecule has 0 saturated carbocycles. The van der Waals surface area contributed by atoms with Crippen LogP contribution in [0.4, 0.5) is 0 Å². The van der Waals surface area contributed by atoms with E-state index in [1.807, 2.05) is 18.2 Å². The van der Waals surface area contributed by atoms with Crippen molar-refractivity contribution in [2.24, 2.45) is 0 Å². The summed E-state index contributed by atoms with van der Waals surface area (Å²) >= 11 is 0. The van der Waals surface area contributed by atoms with Crippen LogP contribution >= 0.6 is 0 Å². The predicted octanol–water partition coefficient (Wildman–Crippen LogP) is 2.10. The lowest BCUT2D eigenvalue weighted by atomic mass is 9.95. The van der Waals surface area contributed by atoms with E-state index in [1.165, 1.54) is 0 Å².